The number of carbonyl (C=O) groups is 1. The van der Waals surface area contributed by atoms with E-state index in [0.717, 1.165) is 48.3 Å². The zero-order valence-electron chi connectivity index (χ0n) is 12.3. The fraction of sp³-hybridized carbons (Fsp3) is 0.765. The Morgan fingerprint density at radius 1 is 1.25 bits per heavy atom. The van der Waals surface area contributed by atoms with Crippen molar-refractivity contribution in [3.8, 4) is 0 Å². The molecule has 0 aromatic carbocycles. The predicted molar refractivity (Wildman–Crippen MR) is 77.8 cm³/mol. The predicted octanol–water partition coefficient (Wildman–Crippen LogP) is 3.57. The maximum Gasteiger partial charge on any atom is 0.153 e. The van der Waals surface area contributed by atoms with Gasteiger partial charge in [-0.3, -0.25) is 9.48 Å². The molecule has 0 atom stereocenters. The second kappa shape index (κ2) is 4.44. The van der Waals surface area contributed by atoms with Crippen LogP contribution < -0.4 is 0 Å². The van der Waals surface area contributed by atoms with E-state index in [1.807, 2.05) is 10.9 Å². The molecule has 0 spiro atoms. The van der Waals surface area contributed by atoms with Crippen LogP contribution in [0.15, 0.2) is 6.20 Å². The van der Waals surface area contributed by atoms with Crippen LogP contribution in [-0.4, -0.2) is 16.1 Å². The number of aryl methyl sites for hydroxylation is 1. The van der Waals surface area contributed by atoms with Crippen molar-refractivity contribution in [2.24, 2.45) is 17.8 Å². The molecule has 0 unspecified atom stereocenters. The third-order valence-electron chi connectivity index (χ3n) is 5.91. The van der Waals surface area contributed by atoms with E-state index in [1.165, 1.54) is 38.5 Å². The molecule has 108 valence electrons. The Hall–Kier alpha value is -1.12. The maximum absolute atomic E-state index is 11.5. The lowest BCUT2D eigenvalue weighted by Crippen LogP contribution is -2.49. The van der Waals surface area contributed by atoms with Gasteiger partial charge in [-0.05, 0) is 62.7 Å². The van der Waals surface area contributed by atoms with E-state index < -0.39 is 0 Å². The van der Waals surface area contributed by atoms with Gasteiger partial charge in [-0.25, -0.2) is 0 Å². The molecule has 0 saturated heterocycles. The van der Waals surface area contributed by atoms with Gasteiger partial charge in [0, 0.05) is 18.2 Å². The molecule has 4 saturated carbocycles. The molecule has 4 fully saturated rings. The zero-order valence-corrected chi connectivity index (χ0v) is 12.3. The third-order valence-corrected chi connectivity index (χ3v) is 5.91. The Kier molecular flexibility index (Phi) is 2.80. The van der Waals surface area contributed by atoms with E-state index in [9.17, 15) is 4.79 Å². The van der Waals surface area contributed by atoms with Crippen molar-refractivity contribution in [3.63, 3.8) is 0 Å². The highest BCUT2D eigenvalue weighted by molar-refractivity contribution is 5.76. The number of aldehydes is 1. The van der Waals surface area contributed by atoms with Gasteiger partial charge in [0.25, 0.3) is 0 Å². The van der Waals surface area contributed by atoms with Crippen LogP contribution >= 0.6 is 0 Å². The number of hydrogen-bond acceptors (Lipinski definition) is 2. The third kappa shape index (κ3) is 1.78. The van der Waals surface area contributed by atoms with Crippen LogP contribution in [0.1, 0.15) is 67.9 Å². The van der Waals surface area contributed by atoms with Crippen molar-refractivity contribution in [1.29, 1.82) is 0 Å². The van der Waals surface area contributed by atoms with Gasteiger partial charge in [0.05, 0.1) is 11.3 Å². The van der Waals surface area contributed by atoms with Crippen LogP contribution in [0.2, 0.25) is 0 Å². The highest BCUT2D eigenvalue weighted by Crippen LogP contribution is 2.60. The minimum Gasteiger partial charge on any atom is -0.298 e. The van der Waals surface area contributed by atoms with Crippen molar-refractivity contribution in [3.05, 3.63) is 17.5 Å². The fourth-order valence-electron chi connectivity index (χ4n) is 5.68. The summed E-state index contributed by atoms with van der Waals surface area (Å²) in [6.07, 6.45) is 12.2. The lowest BCUT2D eigenvalue weighted by molar-refractivity contribution is -0.00771. The Morgan fingerprint density at radius 3 is 2.35 bits per heavy atom. The molecule has 0 aliphatic heterocycles. The molecular formula is C17H24N2O. The standard InChI is InChI=1S/C17H24N2O/c1-2-3-19-10-15(11-20)16(18-19)17-7-12-4-13(8-17)6-14(5-12)9-17/h10-14H,2-9H2,1H3. The molecule has 0 N–H and O–H groups in total. The van der Waals surface area contributed by atoms with Gasteiger partial charge in [-0.15, -0.1) is 0 Å². The van der Waals surface area contributed by atoms with E-state index >= 15 is 0 Å². The first-order valence-corrected chi connectivity index (χ1v) is 8.25. The van der Waals surface area contributed by atoms with Gasteiger partial charge < -0.3 is 0 Å². The summed E-state index contributed by atoms with van der Waals surface area (Å²) in [5.74, 6) is 2.70. The second-order valence-corrected chi connectivity index (χ2v) is 7.51. The lowest BCUT2D eigenvalue weighted by Gasteiger charge is -2.56. The van der Waals surface area contributed by atoms with Gasteiger partial charge in [-0.1, -0.05) is 6.92 Å². The summed E-state index contributed by atoms with van der Waals surface area (Å²) in [6.45, 7) is 3.08. The number of carbonyl (C=O) groups excluding carboxylic acids is 1. The first-order chi connectivity index (χ1) is 9.72. The minimum atomic E-state index is 0.240. The fourth-order valence-corrected chi connectivity index (χ4v) is 5.68. The van der Waals surface area contributed by atoms with Crippen LogP contribution in [0, 0.1) is 17.8 Å². The van der Waals surface area contributed by atoms with E-state index in [2.05, 4.69) is 6.92 Å². The molecular weight excluding hydrogens is 248 g/mol. The monoisotopic (exact) mass is 272 g/mol. The van der Waals surface area contributed by atoms with Crippen molar-refractivity contribution in [2.75, 3.05) is 0 Å². The maximum atomic E-state index is 11.5. The summed E-state index contributed by atoms with van der Waals surface area (Å²) in [5, 5.41) is 4.85. The normalized spacial score (nSPS) is 38.4. The largest absolute Gasteiger partial charge is 0.298 e. The molecule has 4 bridgehead atoms. The number of aromatic nitrogens is 2. The summed E-state index contributed by atoms with van der Waals surface area (Å²) in [6, 6.07) is 0. The van der Waals surface area contributed by atoms with Crippen molar-refractivity contribution < 1.29 is 4.79 Å². The van der Waals surface area contributed by atoms with Crippen LogP contribution in [0.25, 0.3) is 0 Å². The summed E-state index contributed by atoms with van der Waals surface area (Å²) in [7, 11) is 0. The lowest BCUT2D eigenvalue weighted by atomic mass is 9.48. The topological polar surface area (TPSA) is 34.9 Å². The zero-order chi connectivity index (χ0) is 13.7. The highest BCUT2D eigenvalue weighted by Gasteiger charge is 2.53. The van der Waals surface area contributed by atoms with Crippen LogP contribution in [0.5, 0.6) is 0 Å². The average Bonchev–Trinajstić information content (AvgIpc) is 2.81. The molecule has 0 amide bonds. The quantitative estimate of drug-likeness (QED) is 0.785. The van der Waals surface area contributed by atoms with Crippen molar-refractivity contribution in [2.45, 2.75) is 63.8 Å². The van der Waals surface area contributed by atoms with Gasteiger partial charge in [-0.2, -0.15) is 5.10 Å². The number of rotatable bonds is 4. The molecule has 5 rings (SSSR count). The van der Waals surface area contributed by atoms with Crippen LogP contribution in [-0.2, 0) is 12.0 Å². The Labute approximate surface area is 120 Å². The summed E-state index contributed by atoms with van der Waals surface area (Å²) < 4.78 is 2.00. The Balaban J connectivity index is 1.74. The van der Waals surface area contributed by atoms with E-state index in [0.29, 0.717) is 0 Å². The average molecular weight is 272 g/mol. The molecule has 3 nitrogen and oxygen atoms in total. The summed E-state index contributed by atoms with van der Waals surface area (Å²) in [4.78, 5) is 11.5. The molecule has 4 aliphatic rings. The molecule has 3 heteroatoms. The Bertz CT molecular complexity index is 496. The van der Waals surface area contributed by atoms with Crippen molar-refractivity contribution in [1.82, 2.24) is 9.78 Å². The van der Waals surface area contributed by atoms with Gasteiger partial charge in [0.15, 0.2) is 6.29 Å². The molecule has 4 aliphatic carbocycles. The highest BCUT2D eigenvalue weighted by atomic mass is 16.1. The van der Waals surface area contributed by atoms with Crippen LogP contribution in [0.4, 0.5) is 0 Å². The molecule has 1 aromatic rings. The number of nitrogens with zero attached hydrogens (tertiary/aromatic N) is 2. The number of hydrogen-bond donors (Lipinski definition) is 0. The molecule has 20 heavy (non-hydrogen) atoms. The van der Waals surface area contributed by atoms with Gasteiger partial charge in [0.1, 0.15) is 0 Å². The second-order valence-electron chi connectivity index (χ2n) is 7.51. The minimum absolute atomic E-state index is 0.240. The van der Waals surface area contributed by atoms with E-state index in [1.54, 1.807) is 0 Å². The summed E-state index contributed by atoms with van der Waals surface area (Å²) >= 11 is 0. The van der Waals surface area contributed by atoms with Crippen LogP contribution in [0.3, 0.4) is 0 Å². The molecule has 0 radical (unpaired) electrons. The smallest absolute Gasteiger partial charge is 0.153 e. The molecule has 1 aromatic heterocycles. The van der Waals surface area contributed by atoms with E-state index in [4.69, 9.17) is 5.10 Å². The van der Waals surface area contributed by atoms with Crippen molar-refractivity contribution >= 4 is 6.29 Å². The first-order valence-electron chi connectivity index (χ1n) is 8.25. The van der Waals surface area contributed by atoms with Gasteiger partial charge in [0.2, 0.25) is 0 Å². The SMILES string of the molecule is CCCn1cc(C=O)c(C23CC4CC(CC(C4)C2)C3)n1. The van der Waals surface area contributed by atoms with Gasteiger partial charge >= 0.3 is 0 Å². The molecule has 1 heterocycles. The first kappa shape index (κ1) is 12.6. The van der Waals surface area contributed by atoms with E-state index in [-0.39, 0.29) is 5.41 Å². The Morgan fingerprint density at radius 2 is 1.85 bits per heavy atom. The summed E-state index contributed by atoms with van der Waals surface area (Å²) in [5.41, 5.74) is 2.24.